The van der Waals surface area contributed by atoms with E-state index >= 15 is 0 Å². The predicted molar refractivity (Wildman–Crippen MR) is 365 cm³/mol. The van der Waals surface area contributed by atoms with Gasteiger partial charge in [0.1, 0.15) is 48.8 Å². The fraction of sp³-hybridized carbons (Fsp3) is 0.933. The van der Waals surface area contributed by atoms with Gasteiger partial charge in [-0.1, -0.05) is 340 Å². The molecule has 0 radical (unpaired) electrons. The van der Waals surface area contributed by atoms with Gasteiger partial charge in [0.2, 0.25) is 5.91 Å². The zero-order valence-electron chi connectivity index (χ0n) is 57.5. The lowest BCUT2D eigenvalue weighted by atomic mass is 9.97. The summed E-state index contributed by atoms with van der Waals surface area (Å²) in [6.07, 6.45) is 60.0. The largest absolute Gasteiger partial charge is 0.394 e. The number of hydrogen-bond acceptors (Lipinski definition) is 13. The average molecular weight is 1270 g/mol. The van der Waals surface area contributed by atoms with Crippen molar-refractivity contribution in [3.05, 3.63) is 24.3 Å². The van der Waals surface area contributed by atoms with E-state index in [-0.39, 0.29) is 18.9 Å². The van der Waals surface area contributed by atoms with Gasteiger partial charge < -0.3 is 65.1 Å². The molecule has 14 heteroatoms. The summed E-state index contributed by atoms with van der Waals surface area (Å²) < 4.78 is 22.8. The first-order valence-electron chi connectivity index (χ1n) is 38.1. The van der Waals surface area contributed by atoms with Crippen LogP contribution in [0.25, 0.3) is 0 Å². The number of nitrogens with one attached hydrogen (secondary N) is 1. The Balaban J connectivity index is 1.55. The lowest BCUT2D eigenvalue weighted by Gasteiger charge is -2.46. The Kier molecular flexibility index (Phi) is 56.5. The van der Waals surface area contributed by atoms with Crippen LogP contribution in [0.5, 0.6) is 0 Å². The third kappa shape index (κ3) is 44.0. The van der Waals surface area contributed by atoms with Gasteiger partial charge in [0, 0.05) is 6.42 Å². The maximum Gasteiger partial charge on any atom is 0.220 e. The topological polar surface area (TPSA) is 228 Å². The van der Waals surface area contributed by atoms with E-state index in [9.17, 15) is 45.6 Å². The standard InChI is InChI=1S/C75H143NO13/c1-3-5-7-9-11-13-15-17-19-21-22-23-24-25-26-27-28-29-30-31-32-33-34-35-36-37-38-39-40-41-42-43-45-47-49-51-53-55-57-59-67(80)76-63(64(79)58-56-54-52-50-48-46-44-20-18-16-14-12-10-8-6-4-2)62-86-74-72(85)70(83)73(66(61-78)88-74)89-75-71(84)69(82)68(81)65(60-77)87-75/h48,50,56,58,63-66,68-75,77-79,81-85H,3-47,49,51-55,57,59-62H2,1-2H3,(H,76,80)/b50-48+,58-56+. The quantitative estimate of drug-likeness (QED) is 0.0204. The summed E-state index contributed by atoms with van der Waals surface area (Å²) in [7, 11) is 0. The molecule has 14 nitrogen and oxygen atoms in total. The number of carbonyl (C=O) groups excluding carboxylic acids is 1. The van der Waals surface area contributed by atoms with E-state index in [1.54, 1.807) is 6.08 Å². The molecule has 12 unspecified atom stereocenters. The van der Waals surface area contributed by atoms with Crippen molar-refractivity contribution in [1.29, 1.82) is 0 Å². The zero-order chi connectivity index (χ0) is 64.5. The number of allylic oxidation sites excluding steroid dienone is 3. The summed E-state index contributed by atoms with van der Waals surface area (Å²) in [4.78, 5) is 13.3. The molecular formula is C75H143NO13. The highest BCUT2D eigenvalue weighted by atomic mass is 16.7. The molecule has 2 rings (SSSR count). The number of rotatable bonds is 64. The van der Waals surface area contributed by atoms with Crippen LogP contribution in [0.1, 0.15) is 354 Å². The molecular weight excluding hydrogens is 1120 g/mol. The van der Waals surface area contributed by atoms with E-state index in [4.69, 9.17) is 18.9 Å². The van der Waals surface area contributed by atoms with Crippen LogP contribution in [0.4, 0.5) is 0 Å². The fourth-order valence-corrected chi connectivity index (χ4v) is 12.8. The maximum atomic E-state index is 13.3. The van der Waals surface area contributed by atoms with E-state index in [1.165, 1.54) is 289 Å². The Bertz CT molecular complexity index is 1590. The van der Waals surface area contributed by atoms with Crippen LogP contribution in [0.3, 0.4) is 0 Å². The molecule has 0 aromatic heterocycles. The minimum Gasteiger partial charge on any atom is -0.394 e. The Morgan fingerprint density at radius 1 is 0.393 bits per heavy atom. The van der Waals surface area contributed by atoms with Gasteiger partial charge in [-0.05, 0) is 32.1 Å². The molecule has 1 amide bonds. The highest BCUT2D eigenvalue weighted by molar-refractivity contribution is 5.76. The molecule has 0 aliphatic carbocycles. The maximum absolute atomic E-state index is 13.3. The molecule has 0 aromatic rings. The fourth-order valence-electron chi connectivity index (χ4n) is 12.8. The number of aliphatic hydroxyl groups excluding tert-OH is 8. The van der Waals surface area contributed by atoms with Gasteiger partial charge in [-0.2, -0.15) is 0 Å². The molecule has 12 atom stereocenters. The summed E-state index contributed by atoms with van der Waals surface area (Å²) in [6.45, 7) is 2.83. The van der Waals surface area contributed by atoms with Gasteiger partial charge in [-0.15, -0.1) is 0 Å². The van der Waals surface area contributed by atoms with Crippen molar-refractivity contribution in [1.82, 2.24) is 5.32 Å². The van der Waals surface area contributed by atoms with E-state index in [2.05, 4.69) is 31.3 Å². The van der Waals surface area contributed by atoms with Crippen LogP contribution in [0.2, 0.25) is 0 Å². The van der Waals surface area contributed by atoms with Crippen LogP contribution in [0.15, 0.2) is 24.3 Å². The van der Waals surface area contributed by atoms with Crippen LogP contribution in [-0.2, 0) is 23.7 Å². The molecule has 526 valence electrons. The number of amides is 1. The second-order valence-corrected chi connectivity index (χ2v) is 27.1. The van der Waals surface area contributed by atoms with Crippen molar-refractivity contribution in [2.24, 2.45) is 0 Å². The second kappa shape index (κ2) is 60.2. The van der Waals surface area contributed by atoms with Crippen LogP contribution in [-0.4, -0.2) is 140 Å². The van der Waals surface area contributed by atoms with Crippen molar-refractivity contribution in [3.8, 4) is 0 Å². The van der Waals surface area contributed by atoms with Crippen molar-refractivity contribution in [2.75, 3.05) is 19.8 Å². The molecule has 2 saturated heterocycles. The third-order valence-corrected chi connectivity index (χ3v) is 18.9. The first kappa shape index (κ1) is 83.6. The molecule has 2 heterocycles. The molecule has 0 spiro atoms. The first-order valence-corrected chi connectivity index (χ1v) is 38.1. The minimum absolute atomic E-state index is 0.242. The number of unbranched alkanes of at least 4 members (excludes halogenated alkanes) is 49. The van der Waals surface area contributed by atoms with Gasteiger partial charge in [-0.3, -0.25) is 4.79 Å². The highest BCUT2D eigenvalue weighted by Gasteiger charge is 2.51. The van der Waals surface area contributed by atoms with E-state index in [0.717, 1.165) is 32.1 Å². The number of carbonyl (C=O) groups is 1. The van der Waals surface area contributed by atoms with Crippen molar-refractivity contribution < 1.29 is 64.6 Å². The lowest BCUT2D eigenvalue weighted by Crippen LogP contribution is -2.65. The molecule has 0 bridgehead atoms. The van der Waals surface area contributed by atoms with E-state index in [0.29, 0.717) is 12.8 Å². The summed E-state index contributed by atoms with van der Waals surface area (Å²) in [5, 5.41) is 87.3. The third-order valence-electron chi connectivity index (χ3n) is 18.9. The summed E-state index contributed by atoms with van der Waals surface area (Å²) in [5.41, 5.74) is 0. The van der Waals surface area contributed by atoms with Gasteiger partial charge in [0.05, 0.1) is 32.0 Å². The van der Waals surface area contributed by atoms with Gasteiger partial charge in [0.25, 0.3) is 0 Å². The molecule has 9 N–H and O–H groups in total. The Labute approximate surface area is 545 Å². The normalized spacial score (nSPS) is 23.1. The number of ether oxygens (including phenoxy) is 4. The van der Waals surface area contributed by atoms with Crippen molar-refractivity contribution in [2.45, 2.75) is 428 Å². The molecule has 0 aromatic carbocycles. The molecule has 0 saturated carbocycles. The molecule has 2 aliphatic heterocycles. The highest BCUT2D eigenvalue weighted by Crippen LogP contribution is 2.30. The summed E-state index contributed by atoms with van der Waals surface area (Å²) in [6, 6.07) is -0.929. The average Bonchev–Trinajstić information content (AvgIpc) is 2.81. The lowest BCUT2D eigenvalue weighted by molar-refractivity contribution is -0.359. The SMILES string of the molecule is CCCCCCCCCCCC/C=C/CC/C=C/C(O)C(COC1OC(CO)C(OC2OC(CO)C(O)C(O)C2O)C(O)C1O)NC(=O)CCCCCCCCCCCCCCCCCCCCCCCCCCCCCCCCCCCCCCCCC. The van der Waals surface area contributed by atoms with E-state index in [1.807, 2.05) is 6.08 Å². The predicted octanol–water partition coefficient (Wildman–Crippen LogP) is 16.3. The smallest absolute Gasteiger partial charge is 0.220 e. The van der Waals surface area contributed by atoms with Crippen molar-refractivity contribution in [3.63, 3.8) is 0 Å². The Hall–Kier alpha value is -1.53. The Morgan fingerprint density at radius 3 is 1.10 bits per heavy atom. The van der Waals surface area contributed by atoms with Gasteiger partial charge >= 0.3 is 0 Å². The van der Waals surface area contributed by atoms with Gasteiger partial charge in [0.15, 0.2) is 12.6 Å². The minimum atomic E-state index is -1.79. The Morgan fingerprint density at radius 2 is 0.719 bits per heavy atom. The zero-order valence-corrected chi connectivity index (χ0v) is 57.5. The second-order valence-electron chi connectivity index (χ2n) is 27.1. The van der Waals surface area contributed by atoms with Crippen LogP contribution in [0, 0.1) is 0 Å². The van der Waals surface area contributed by atoms with Crippen LogP contribution >= 0.6 is 0 Å². The monoisotopic (exact) mass is 1270 g/mol. The van der Waals surface area contributed by atoms with Gasteiger partial charge in [-0.25, -0.2) is 0 Å². The first-order chi connectivity index (χ1) is 43.6. The van der Waals surface area contributed by atoms with Crippen molar-refractivity contribution >= 4 is 5.91 Å². The summed E-state index contributed by atoms with van der Waals surface area (Å²) >= 11 is 0. The summed E-state index contributed by atoms with van der Waals surface area (Å²) in [5.74, 6) is -0.242. The number of hydrogen-bond donors (Lipinski definition) is 9. The molecule has 2 fully saturated rings. The van der Waals surface area contributed by atoms with E-state index < -0.39 is 86.8 Å². The molecule has 89 heavy (non-hydrogen) atoms. The number of aliphatic hydroxyl groups is 8. The molecule has 2 aliphatic rings. The van der Waals surface area contributed by atoms with Crippen LogP contribution < -0.4 is 5.32 Å².